The molecule has 0 aliphatic carbocycles. The van der Waals surface area contributed by atoms with Gasteiger partial charge in [0.15, 0.2) is 5.65 Å². The number of rotatable bonds is 4. The zero-order valence-corrected chi connectivity index (χ0v) is 16.8. The molecule has 3 aromatic rings. The van der Waals surface area contributed by atoms with E-state index in [1.807, 2.05) is 18.2 Å². The molecule has 1 saturated heterocycles. The van der Waals surface area contributed by atoms with Crippen molar-refractivity contribution in [3.8, 4) is 5.75 Å². The number of aromatic amines is 1. The molecule has 1 amide bonds. The second-order valence-corrected chi connectivity index (χ2v) is 7.08. The van der Waals surface area contributed by atoms with Gasteiger partial charge in [-0.1, -0.05) is 11.6 Å². The predicted molar refractivity (Wildman–Crippen MR) is 113 cm³/mol. The van der Waals surface area contributed by atoms with Gasteiger partial charge in [0, 0.05) is 37.9 Å². The van der Waals surface area contributed by atoms with Gasteiger partial charge in [-0.3, -0.25) is 4.79 Å². The summed E-state index contributed by atoms with van der Waals surface area (Å²) in [7, 11) is 1.55. The SMILES string of the molecule is COc1cc(N2CCN(C(=O)O)CC2)ccc1Nc1cc(Cl)nc2nc[nH]c(=O)c12. The summed E-state index contributed by atoms with van der Waals surface area (Å²) in [6.07, 6.45) is 0.372. The topological polar surface area (TPSA) is 124 Å². The van der Waals surface area contributed by atoms with Crippen LogP contribution >= 0.6 is 11.6 Å². The molecule has 0 atom stereocenters. The van der Waals surface area contributed by atoms with Crippen LogP contribution in [0.5, 0.6) is 5.75 Å². The van der Waals surface area contributed by atoms with Crippen LogP contribution in [0, 0.1) is 0 Å². The summed E-state index contributed by atoms with van der Waals surface area (Å²) in [6.45, 7) is 2.06. The van der Waals surface area contributed by atoms with Gasteiger partial charge in [-0.15, -0.1) is 0 Å². The molecule has 1 aliphatic heterocycles. The third kappa shape index (κ3) is 3.81. The van der Waals surface area contributed by atoms with Crippen LogP contribution in [-0.4, -0.2) is 64.3 Å². The first-order chi connectivity index (χ1) is 14.5. The number of amides is 1. The highest BCUT2D eigenvalue weighted by Crippen LogP contribution is 2.34. The minimum absolute atomic E-state index is 0.204. The lowest BCUT2D eigenvalue weighted by Gasteiger charge is -2.34. The molecule has 156 valence electrons. The van der Waals surface area contributed by atoms with E-state index in [0.717, 1.165) is 5.69 Å². The fraction of sp³-hybridized carbons (Fsp3) is 0.263. The van der Waals surface area contributed by atoms with Crippen LogP contribution in [0.2, 0.25) is 5.15 Å². The molecule has 1 aromatic carbocycles. The van der Waals surface area contributed by atoms with Crippen molar-refractivity contribution in [2.45, 2.75) is 0 Å². The van der Waals surface area contributed by atoms with Gasteiger partial charge in [0.1, 0.15) is 16.3 Å². The molecule has 3 heterocycles. The highest BCUT2D eigenvalue weighted by Gasteiger charge is 2.21. The fourth-order valence-corrected chi connectivity index (χ4v) is 3.61. The Hall–Kier alpha value is -3.53. The van der Waals surface area contributed by atoms with E-state index in [9.17, 15) is 9.59 Å². The van der Waals surface area contributed by atoms with Crippen molar-refractivity contribution in [1.82, 2.24) is 19.9 Å². The standard InChI is InChI=1S/C19H19ClN6O4/c1-30-14-8-11(25-4-6-26(7-5-25)19(28)29)2-3-12(14)23-13-9-15(20)24-17-16(13)18(27)22-10-21-17/h2-3,8-10H,4-7H2,1H3,(H,28,29)(H2,21,22,23,24,27). The highest BCUT2D eigenvalue weighted by atomic mass is 35.5. The monoisotopic (exact) mass is 430 g/mol. The molecule has 0 spiro atoms. The van der Waals surface area contributed by atoms with Crippen LogP contribution in [-0.2, 0) is 0 Å². The molecule has 0 bridgehead atoms. The number of pyridine rings is 1. The van der Waals surface area contributed by atoms with E-state index in [-0.39, 0.29) is 21.7 Å². The van der Waals surface area contributed by atoms with E-state index in [1.54, 1.807) is 13.2 Å². The number of H-pyrrole nitrogens is 1. The van der Waals surface area contributed by atoms with Gasteiger partial charge in [-0.2, -0.15) is 0 Å². The molecule has 1 aliphatic rings. The number of nitrogens with zero attached hydrogens (tertiary/aromatic N) is 4. The van der Waals surface area contributed by atoms with Gasteiger partial charge in [-0.25, -0.2) is 14.8 Å². The van der Waals surface area contributed by atoms with Gasteiger partial charge in [0.2, 0.25) is 0 Å². The summed E-state index contributed by atoms with van der Waals surface area (Å²) >= 11 is 6.09. The Morgan fingerprint density at radius 1 is 1.23 bits per heavy atom. The number of ether oxygens (including phenoxy) is 1. The zero-order valence-electron chi connectivity index (χ0n) is 16.1. The Kier molecular flexibility index (Phi) is 5.32. The Bertz CT molecular complexity index is 1160. The first kappa shape index (κ1) is 19.8. The predicted octanol–water partition coefficient (Wildman–Crippen LogP) is 2.52. The molecule has 2 aromatic heterocycles. The normalized spacial score (nSPS) is 14.1. The van der Waals surface area contributed by atoms with E-state index in [0.29, 0.717) is 43.3 Å². The minimum atomic E-state index is -0.903. The smallest absolute Gasteiger partial charge is 0.407 e. The summed E-state index contributed by atoms with van der Waals surface area (Å²) < 4.78 is 5.54. The Labute approximate surface area is 176 Å². The second kappa shape index (κ2) is 8.07. The number of benzene rings is 1. The van der Waals surface area contributed by atoms with Crippen molar-refractivity contribution in [2.75, 3.05) is 43.5 Å². The maximum Gasteiger partial charge on any atom is 0.407 e. The number of halogens is 1. The lowest BCUT2D eigenvalue weighted by molar-refractivity contribution is 0.142. The number of fused-ring (bicyclic) bond motifs is 1. The number of carbonyl (C=O) groups is 1. The Morgan fingerprint density at radius 2 is 2.00 bits per heavy atom. The van der Waals surface area contributed by atoms with E-state index in [4.69, 9.17) is 21.4 Å². The molecule has 0 radical (unpaired) electrons. The first-order valence-electron chi connectivity index (χ1n) is 9.18. The summed E-state index contributed by atoms with van der Waals surface area (Å²) in [5.41, 5.74) is 1.91. The maximum atomic E-state index is 12.3. The number of piperazine rings is 1. The molecule has 11 heteroatoms. The number of hydrogen-bond donors (Lipinski definition) is 3. The van der Waals surface area contributed by atoms with E-state index in [1.165, 1.54) is 11.2 Å². The van der Waals surface area contributed by atoms with Gasteiger partial charge < -0.3 is 29.9 Å². The van der Waals surface area contributed by atoms with Gasteiger partial charge >= 0.3 is 6.09 Å². The average Bonchev–Trinajstić information content (AvgIpc) is 2.74. The number of anilines is 3. The molecular formula is C19H19ClN6O4. The summed E-state index contributed by atoms with van der Waals surface area (Å²) in [5.74, 6) is 0.564. The van der Waals surface area contributed by atoms with Gasteiger partial charge in [0.05, 0.1) is 24.8 Å². The molecule has 30 heavy (non-hydrogen) atoms. The van der Waals surface area contributed by atoms with Crippen LogP contribution in [0.15, 0.2) is 35.4 Å². The van der Waals surface area contributed by atoms with Crippen LogP contribution in [0.3, 0.4) is 0 Å². The molecule has 4 rings (SSSR count). The molecule has 3 N–H and O–H groups in total. The Morgan fingerprint density at radius 3 is 2.70 bits per heavy atom. The molecular weight excluding hydrogens is 412 g/mol. The third-order valence-electron chi connectivity index (χ3n) is 4.95. The first-order valence-corrected chi connectivity index (χ1v) is 9.56. The van der Waals surface area contributed by atoms with Crippen LogP contribution < -0.4 is 20.5 Å². The molecule has 1 fully saturated rings. The largest absolute Gasteiger partial charge is 0.494 e. The highest BCUT2D eigenvalue weighted by molar-refractivity contribution is 6.30. The number of hydrogen-bond acceptors (Lipinski definition) is 7. The summed E-state index contributed by atoms with van der Waals surface area (Å²) in [4.78, 5) is 37.6. The Balaban J connectivity index is 1.63. The zero-order chi connectivity index (χ0) is 21.3. The van der Waals surface area contributed by atoms with Crippen molar-refractivity contribution in [2.24, 2.45) is 0 Å². The quantitative estimate of drug-likeness (QED) is 0.539. The van der Waals surface area contributed by atoms with E-state index >= 15 is 0 Å². The van der Waals surface area contributed by atoms with Crippen molar-refractivity contribution >= 4 is 45.8 Å². The number of nitrogens with one attached hydrogen (secondary N) is 2. The van der Waals surface area contributed by atoms with Crippen LogP contribution in [0.25, 0.3) is 11.0 Å². The maximum absolute atomic E-state index is 12.3. The lowest BCUT2D eigenvalue weighted by Crippen LogP contribution is -2.48. The molecule has 0 unspecified atom stereocenters. The summed E-state index contributed by atoms with van der Waals surface area (Å²) in [6, 6.07) is 7.17. The fourth-order valence-electron chi connectivity index (χ4n) is 3.42. The lowest BCUT2D eigenvalue weighted by atomic mass is 10.2. The van der Waals surface area contributed by atoms with E-state index < -0.39 is 6.09 Å². The number of methoxy groups -OCH3 is 1. The van der Waals surface area contributed by atoms with E-state index in [2.05, 4.69) is 25.2 Å². The number of aromatic nitrogens is 3. The van der Waals surface area contributed by atoms with Gasteiger partial charge in [0.25, 0.3) is 5.56 Å². The molecule has 10 nitrogen and oxygen atoms in total. The summed E-state index contributed by atoms with van der Waals surface area (Å²) in [5, 5.41) is 12.8. The van der Waals surface area contributed by atoms with Gasteiger partial charge in [-0.05, 0) is 18.2 Å². The molecule has 0 saturated carbocycles. The van der Waals surface area contributed by atoms with Crippen molar-refractivity contribution < 1.29 is 14.6 Å². The average molecular weight is 431 g/mol. The van der Waals surface area contributed by atoms with Crippen molar-refractivity contribution in [3.63, 3.8) is 0 Å². The third-order valence-corrected chi connectivity index (χ3v) is 5.14. The number of carboxylic acid groups (broad SMARTS) is 1. The van der Waals surface area contributed by atoms with Crippen LogP contribution in [0.4, 0.5) is 21.9 Å². The van der Waals surface area contributed by atoms with Crippen LogP contribution in [0.1, 0.15) is 0 Å². The van der Waals surface area contributed by atoms with Crippen molar-refractivity contribution in [3.05, 3.63) is 46.1 Å². The second-order valence-electron chi connectivity index (χ2n) is 6.69. The minimum Gasteiger partial charge on any atom is -0.494 e. The van der Waals surface area contributed by atoms with Crippen molar-refractivity contribution in [1.29, 1.82) is 0 Å².